The molecule has 1 fully saturated rings. The second kappa shape index (κ2) is 5.54. The molecule has 1 atom stereocenters. The normalized spacial score (nSPS) is 21.9. The monoisotopic (exact) mass is 317 g/mol. The minimum atomic E-state index is -4.67. The van der Waals surface area contributed by atoms with E-state index in [1.165, 1.54) is 18.2 Å². The predicted molar refractivity (Wildman–Crippen MR) is 70.8 cm³/mol. The van der Waals surface area contributed by atoms with E-state index in [4.69, 9.17) is 16.9 Å². The van der Waals surface area contributed by atoms with E-state index < -0.39 is 24.0 Å². The third-order valence-corrected chi connectivity index (χ3v) is 3.72. The molecule has 1 aliphatic heterocycles. The number of benzene rings is 1. The summed E-state index contributed by atoms with van der Waals surface area (Å²) in [6, 6.07) is 5.82. The van der Waals surface area contributed by atoms with Crippen LogP contribution in [0.25, 0.3) is 0 Å². The lowest BCUT2D eigenvalue weighted by atomic mass is 9.85. The molecule has 1 saturated heterocycles. The zero-order valence-electron chi connectivity index (χ0n) is 10.7. The molecule has 21 heavy (non-hydrogen) atoms. The lowest BCUT2D eigenvalue weighted by Crippen LogP contribution is -2.49. The van der Waals surface area contributed by atoms with E-state index in [2.05, 4.69) is 10.6 Å². The summed E-state index contributed by atoms with van der Waals surface area (Å²) in [5.74, 6) is -1.18. The highest BCUT2D eigenvalue weighted by atomic mass is 35.5. The van der Waals surface area contributed by atoms with Gasteiger partial charge in [0.2, 0.25) is 5.91 Å². The van der Waals surface area contributed by atoms with Gasteiger partial charge in [-0.2, -0.15) is 18.4 Å². The van der Waals surface area contributed by atoms with Crippen molar-refractivity contribution in [3.63, 3.8) is 0 Å². The summed E-state index contributed by atoms with van der Waals surface area (Å²) in [6.45, 7) is -0.377. The number of nitrogens with zero attached hydrogens (tertiary/aromatic N) is 1. The highest BCUT2D eigenvalue weighted by Gasteiger charge is 2.61. The van der Waals surface area contributed by atoms with Crippen molar-refractivity contribution in [1.82, 2.24) is 5.32 Å². The van der Waals surface area contributed by atoms with Crippen LogP contribution in [0.1, 0.15) is 12.0 Å². The fraction of sp³-hybridized carbons (Fsp3) is 0.385. The fourth-order valence-electron chi connectivity index (χ4n) is 2.22. The topological polar surface area (TPSA) is 64.9 Å². The minimum Gasteiger partial charge on any atom is -0.324 e. The molecule has 1 amide bonds. The SMILES string of the molecule is N#Cc1ccc(Cl)cc1NC(=O)C1(C(F)(F)F)CCNC1. The number of hydrogen-bond acceptors (Lipinski definition) is 3. The number of carbonyl (C=O) groups excluding carboxylic acids is 1. The summed E-state index contributed by atoms with van der Waals surface area (Å²) < 4.78 is 39.7. The van der Waals surface area contributed by atoms with E-state index >= 15 is 0 Å². The number of alkyl halides is 3. The van der Waals surface area contributed by atoms with Gasteiger partial charge < -0.3 is 10.6 Å². The van der Waals surface area contributed by atoms with Crippen molar-refractivity contribution in [3.05, 3.63) is 28.8 Å². The average molecular weight is 318 g/mol. The van der Waals surface area contributed by atoms with Gasteiger partial charge in [-0.25, -0.2) is 0 Å². The van der Waals surface area contributed by atoms with Crippen LogP contribution in [0.5, 0.6) is 0 Å². The average Bonchev–Trinajstić information content (AvgIpc) is 2.89. The largest absolute Gasteiger partial charge is 0.404 e. The predicted octanol–water partition coefficient (Wildman–Crippen LogP) is 2.69. The van der Waals surface area contributed by atoms with Gasteiger partial charge in [0.25, 0.3) is 0 Å². The molecule has 0 radical (unpaired) electrons. The standard InChI is InChI=1S/C13H11ClF3N3O/c14-9-2-1-8(6-18)10(5-9)20-11(21)12(13(15,16)17)3-4-19-7-12/h1-2,5,19H,3-4,7H2,(H,20,21). The summed E-state index contributed by atoms with van der Waals surface area (Å²) in [4.78, 5) is 12.1. The Hall–Kier alpha value is -1.78. The molecule has 2 N–H and O–H groups in total. The van der Waals surface area contributed by atoms with Gasteiger partial charge in [-0.1, -0.05) is 11.6 Å². The van der Waals surface area contributed by atoms with Gasteiger partial charge in [0.1, 0.15) is 6.07 Å². The van der Waals surface area contributed by atoms with E-state index in [9.17, 15) is 18.0 Å². The molecule has 2 rings (SSSR count). The number of rotatable bonds is 2. The van der Waals surface area contributed by atoms with Gasteiger partial charge in [-0.15, -0.1) is 0 Å². The number of nitriles is 1. The third-order valence-electron chi connectivity index (χ3n) is 3.48. The molecule has 1 aliphatic rings. The summed E-state index contributed by atoms with van der Waals surface area (Å²) in [5, 5.41) is 13.9. The van der Waals surface area contributed by atoms with Crippen LogP contribution in [0.4, 0.5) is 18.9 Å². The number of anilines is 1. The molecular weight excluding hydrogens is 307 g/mol. The molecule has 1 heterocycles. The first kappa shape index (κ1) is 15.6. The molecule has 0 aromatic heterocycles. The van der Waals surface area contributed by atoms with Crippen molar-refractivity contribution < 1.29 is 18.0 Å². The molecule has 0 bridgehead atoms. The quantitative estimate of drug-likeness (QED) is 0.881. The number of carbonyl (C=O) groups is 1. The molecular formula is C13H11ClF3N3O. The van der Waals surface area contributed by atoms with E-state index in [0.29, 0.717) is 0 Å². The van der Waals surface area contributed by atoms with Crippen molar-refractivity contribution in [3.8, 4) is 6.07 Å². The Labute approximate surface area is 123 Å². The van der Waals surface area contributed by atoms with Crippen LogP contribution >= 0.6 is 11.6 Å². The van der Waals surface area contributed by atoms with Gasteiger partial charge in [0.05, 0.1) is 11.3 Å². The van der Waals surface area contributed by atoms with E-state index in [0.717, 1.165) is 0 Å². The van der Waals surface area contributed by atoms with Gasteiger partial charge in [-0.05, 0) is 31.2 Å². The Morgan fingerprint density at radius 1 is 1.48 bits per heavy atom. The Morgan fingerprint density at radius 2 is 2.19 bits per heavy atom. The maximum absolute atomic E-state index is 13.2. The van der Waals surface area contributed by atoms with Crippen LogP contribution in [-0.4, -0.2) is 25.2 Å². The number of amides is 1. The fourth-order valence-corrected chi connectivity index (χ4v) is 2.39. The Bertz CT molecular complexity index is 604. The molecule has 112 valence electrons. The second-order valence-electron chi connectivity index (χ2n) is 4.76. The zero-order chi connectivity index (χ0) is 15.7. The van der Waals surface area contributed by atoms with Gasteiger partial charge in [0, 0.05) is 11.6 Å². The van der Waals surface area contributed by atoms with Gasteiger partial charge >= 0.3 is 6.18 Å². The highest BCUT2D eigenvalue weighted by molar-refractivity contribution is 6.31. The molecule has 1 aromatic carbocycles. The molecule has 1 unspecified atom stereocenters. The smallest absolute Gasteiger partial charge is 0.324 e. The summed E-state index contributed by atoms with van der Waals surface area (Å²) in [6.07, 6.45) is -5.02. The van der Waals surface area contributed by atoms with Crippen molar-refractivity contribution >= 4 is 23.2 Å². The Morgan fingerprint density at radius 3 is 2.71 bits per heavy atom. The number of halogens is 4. The van der Waals surface area contributed by atoms with Crippen LogP contribution in [0.2, 0.25) is 5.02 Å². The minimum absolute atomic E-state index is 0.0227. The first-order chi connectivity index (χ1) is 9.80. The molecule has 4 nitrogen and oxygen atoms in total. The van der Waals surface area contributed by atoms with E-state index in [1.807, 2.05) is 0 Å². The second-order valence-corrected chi connectivity index (χ2v) is 5.20. The maximum atomic E-state index is 13.2. The lowest BCUT2D eigenvalue weighted by Gasteiger charge is -2.29. The third kappa shape index (κ3) is 2.82. The first-order valence-electron chi connectivity index (χ1n) is 6.09. The van der Waals surface area contributed by atoms with Crippen LogP contribution < -0.4 is 10.6 Å². The van der Waals surface area contributed by atoms with Crippen molar-refractivity contribution in [2.24, 2.45) is 5.41 Å². The van der Waals surface area contributed by atoms with Gasteiger partial charge in [-0.3, -0.25) is 4.79 Å². The molecule has 0 saturated carbocycles. The molecule has 8 heteroatoms. The first-order valence-corrected chi connectivity index (χ1v) is 6.46. The summed E-state index contributed by atoms with van der Waals surface area (Å²) in [7, 11) is 0. The van der Waals surface area contributed by atoms with Crippen molar-refractivity contribution in [2.45, 2.75) is 12.6 Å². The van der Waals surface area contributed by atoms with Crippen LogP contribution in [0.15, 0.2) is 18.2 Å². The Kier molecular flexibility index (Phi) is 4.12. The van der Waals surface area contributed by atoms with Crippen LogP contribution in [-0.2, 0) is 4.79 Å². The van der Waals surface area contributed by atoms with Crippen molar-refractivity contribution in [1.29, 1.82) is 5.26 Å². The van der Waals surface area contributed by atoms with E-state index in [-0.39, 0.29) is 29.2 Å². The van der Waals surface area contributed by atoms with Crippen LogP contribution in [0.3, 0.4) is 0 Å². The maximum Gasteiger partial charge on any atom is 0.404 e. The zero-order valence-corrected chi connectivity index (χ0v) is 11.5. The summed E-state index contributed by atoms with van der Waals surface area (Å²) in [5.41, 5.74) is -2.45. The molecule has 0 aliphatic carbocycles. The van der Waals surface area contributed by atoms with Crippen molar-refractivity contribution in [2.75, 3.05) is 18.4 Å². The van der Waals surface area contributed by atoms with Gasteiger partial charge in [0.15, 0.2) is 5.41 Å². The lowest BCUT2D eigenvalue weighted by molar-refractivity contribution is -0.213. The van der Waals surface area contributed by atoms with E-state index in [1.54, 1.807) is 6.07 Å². The van der Waals surface area contributed by atoms with Crippen LogP contribution in [0, 0.1) is 16.7 Å². The number of hydrogen-bond donors (Lipinski definition) is 2. The molecule has 0 spiro atoms. The highest BCUT2D eigenvalue weighted by Crippen LogP contribution is 2.44. The number of nitrogens with one attached hydrogen (secondary N) is 2. The Balaban J connectivity index is 2.33. The molecule has 1 aromatic rings. The summed E-state index contributed by atoms with van der Waals surface area (Å²) >= 11 is 5.75.